The van der Waals surface area contributed by atoms with Crippen LogP contribution in [-0.2, 0) is 4.57 Å². The zero-order valence-corrected chi connectivity index (χ0v) is 15.0. The molecule has 124 valence electrons. The minimum Gasteiger partial charge on any atom is -0.387 e. The van der Waals surface area contributed by atoms with E-state index in [1.165, 1.54) is 0 Å². The van der Waals surface area contributed by atoms with Gasteiger partial charge in [0, 0.05) is 24.1 Å². The average molecular weight is 331 g/mol. The van der Waals surface area contributed by atoms with Crippen molar-refractivity contribution in [3.05, 3.63) is 66.2 Å². The van der Waals surface area contributed by atoms with Crippen LogP contribution in [0, 0.1) is 0 Å². The summed E-state index contributed by atoms with van der Waals surface area (Å²) in [6.45, 7) is 4.53. The highest BCUT2D eigenvalue weighted by molar-refractivity contribution is 7.70. The molecule has 4 heteroatoms. The Labute approximate surface area is 139 Å². The Morgan fingerprint density at radius 1 is 1.04 bits per heavy atom. The standard InChI is InChI=1S/C19H26NO2P/c1-16(19(21)17-10-6-4-7-11-17)20(2)14-15-23(3,22)18-12-8-5-9-13-18/h4-13,16,19,21H,14-15H2,1-3H3/t16-,19-,23+/m0/s1. The maximum atomic E-state index is 12.9. The van der Waals surface area contributed by atoms with Crippen LogP contribution in [0.2, 0.25) is 0 Å². The molecule has 3 atom stereocenters. The summed E-state index contributed by atoms with van der Waals surface area (Å²) in [5.74, 6) is 0. The van der Waals surface area contributed by atoms with Crippen molar-refractivity contribution in [3.63, 3.8) is 0 Å². The minimum absolute atomic E-state index is 0.0341. The molecule has 0 bridgehead atoms. The van der Waals surface area contributed by atoms with Gasteiger partial charge in [0.1, 0.15) is 7.14 Å². The molecular weight excluding hydrogens is 305 g/mol. The van der Waals surface area contributed by atoms with Gasteiger partial charge in [-0.1, -0.05) is 60.7 Å². The van der Waals surface area contributed by atoms with Gasteiger partial charge in [-0.3, -0.25) is 0 Å². The normalized spacial score (nSPS) is 16.7. The van der Waals surface area contributed by atoms with Gasteiger partial charge in [-0.2, -0.15) is 0 Å². The smallest absolute Gasteiger partial charge is 0.113 e. The lowest BCUT2D eigenvalue weighted by Crippen LogP contribution is -2.36. The van der Waals surface area contributed by atoms with Gasteiger partial charge in [-0.25, -0.2) is 0 Å². The number of rotatable bonds is 7. The molecular formula is C19H26NO2P. The molecule has 0 saturated carbocycles. The second-order valence-electron chi connectivity index (χ2n) is 6.24. The van der Waals surface area contributed by atoms with Crippen LogP contribution in [0.15, 0.2) is 60.7 Å². The first kappa shape index (κ1) is 17.9. The molecule has 0 radical (unpaired) electrons. The Morgan fingerprint density at radius 2 is 1.57 bits per heavy atom. The van der Waals surface area contributed by atoms with E-state index in [9.17, 15) is 9.67 Å². The molecule has 1 N–H and O–H groups in total. The molecule has 2 rings (SSSR count). The van der Waals surface area contributed by atoms with E-state index in [1.807, 2.05) is 81.3 Å². The summed E-state index contributed by atoms with van der Waals surface area (Å²) in [7, 11) is -0.390. The third-order valence-corrected chi connectivity index (χ3v) is 6.92. The zero-order valence-electron chi connectivity index (χ0n) is 14.1. The molecule has 0 spiro atoms. The molecule has 0 heterocycles. The summed E-state index contributed by atoms with van der Waals surface area (Å²) in [5.41, 5.74) is 0.912. The van der Waals surface area contributed by atoms with Crippen molar-refractivity contribution in [2.75, 3.05) is 26.4 Å². The predicted octanol–water partition coefficient (Wildman–Crippen LogP) is 3.36. The van der Waals surface area contributed by atoms with Crippen LogP contribution in [0.3, 0.4) is 0 Å². The molecule has 0 aliphatic rings. The van der Waals surface area contributed by atoms with Crippen LogP contribution in [-0.4, -0.2) is 42.5 Å². The monoisotopic (exact) mass is 331 g/mol. The molecule has 0 aliphatic heterocycles. The van der Waals surface area contributed by atoms with E-state index in [4.69, 9.17) is 0 Å². The summed E-state index contributed by atoms with van der Waals surface area (Å²) in [6, 6.07) is 19.3. The Balaban J connectivity index is 1.96. The van der Waals surface area contributed by atoms with Crippen molar-refractivity contribution < 1.29 is 9.67 Å². The van der Waals surface area contributed by atoms with E-state index in [0.717, 1.165) is 10.9 Å². The highest BCUT2D eigenvalue weighted by Gasteiger charge is 2.23. The van der Waals surface area contributed by atoms with E-state index in [2.05, 4.69) is 4.90 Å². The molecule has 23 heavy (non-hydrogen) atoms. The minimum atomic E-state index is -2.36. The summed E-state index contributed by atoms with van der Waals surface area (Å²) in [5, 5.41) is 11.4. The Bertz CT molecular complexity index is 645. The highest BCUT2D eigenvalue weighted by Crippen LogP contribution is 2.39. The second kappa shape index (κ2) is 7.92. The van der Waals surface area contributed by atoms with Gasteiger partial charge >= 0.3 is 0 Å². The number of likely N-dealkylation sites (N-methyl/N-ethyl adjacent to an activating group) is 1. The summed E-state index contributed by atoms with van der Waals surface area (Å²) >= 11 is 0. The van der Waals surface area contributed by atoms with Gasteiger partial charge in [-0.05, 0) is 26.2 Å². The SMILES string of the molecule is C[C@@H]([C@H](O)c1ccccc1)N(C)CC[P@@](C)(=O)c1ccccc1. The predicted molar refractivity (Wildman–Crippen MR) is 98.0 cm³/mol. The second-order valence-corrected chi connectivity index (χ2v) is 9.40. The van der Waals surface area contributed by atoms with Gasteiger partial charge < -0.3 is 14.6 Å². The molecule has 0 aliphatic carbocycles. The molecule has 2 aromatic carbocycles. The summed E-state index contributed by atoms with van der Waals surface area (Å²) in [6.07, 6.45) is 0.0634. The van der Waals surface area contributed by atoms with E-state index < -0.39 is 13.2 Å². The first-order chi connectivity index (χ1) is 10.9. The van der Waals surface area contributed by atoms with Crippen LogP contribution in [0.1, 0.15) is 18.6 Å². The van der Waals surface area contributed by atoms with Crippen molar-refractivity contribution in [1.82, 2.24) is 4.90 Å². The van der Waals surface area contributed by atoms with Crippen LogP contribution < -0.4 is 5.30 Å². The van der Waals surface area contributed by atoms with E-state index >= 15 is 0 Å². The van der Waals surface area contributed by atoms with Crippen LogP contribution in [0.5, 0.6) is 0 Å². The molecule has 0 fully saturated rings. The quantitative estimate of drug-likeness (QED) is 0.791. The molecule has 3 nitrogen and oxygen atoms in total. The van der Waals surface area contributed by atoms with Gasteiger partial charge in [0.05, 0.1) is 6.10 Å². The Hall–Kier alpha value is -1.41. The van der Waals surface area contributed by atoms with Gasteiger partial charge in [0.15, 0.2) is 0 Å². The molecule has 2 aromatic rings. The Kier molecular flexibility index (Phi) is 6.17. The lowest BCUT2D eigenvalue weighted by atomic mass is 10.0. The molecule has 0 amide bonds. The molecule has 0 saturated heterocycles. The van der Waals surface area contributed by atoms with Crippen LogP contribution in [0.4, 0.5) is 0 Å². The number of hydrogen-bond acceptors (Lipinski definition) is 3. The van der Waals surface area contributed by atoms with Gasteiger partial charge in [-0.15, -0.1) is 0 Å². The fraction of sp³-hybridized carbons (Fsp3) is 0.368. The van der Waals surface area contributed by atoms with E-state index in [1.54, 1.807) is 0 Å². The van der Waals surface area contributed by atoms with Crippen molar-refractivity contribution in [2.24, 2.45) is 0 Å². The first-order valence-corrected chi connectivity index (χ1v) is 10.3. The van der Waals surface area contributed by atoms with Gasteiger partial charge in [0.2, 0.25) is 0 Å². The fourth-order valence-corrected chi connectivity index (χ4v) is 4.35. The number of benzene rings is 2. The topological polar surface area (TPSA) is 40.5 Å². The molecule has 0 aromatic heterocycles. The van der Waals surface area contributed by atoms with Crippen LogP contribution in [0.25, 0.3) is 0 Å². The summed E-state index contributed by atoms with van der Waals surface area (Å²) < 4.78 is 12.9. The maximum Gasteiger partial charge on any atom is 0.113 e. The van der Waals surface area contributed by atoms with Crippen molar-refractivity contribution in [3.8, 4) is 0 Å². The number of hydrogen-bond donors (Lipinski definition) is 1. The lowest BCUT2D eigenvalue weighted by molar-refractivity contribution is 0.0758. The summed E-state index contributed by atoms with van der Waals surface area (Å²) in [4.78, 5) is 2.08. The number of aliphatic hydroxyl groups excluding tert-OH is 1. The third kappa shape index (κ3) is 4.78. The molecule has 0 unspecified atom stereocenters. The third-order valence-electron chi connectivity index (χ3n) is 4.48. The van der Waals surface area contributed by atoms with Crippen molar-refractivity contribution in [1.29, 1.82) is 0 Å². The highest BCUT2D eigenvalue weighted by atomic mass is 31.2. The van der Waals surface area contributed by atoms with Crippen molar-refractivity contribution in [2.45, 2.75) is 19.1 Å². The number of nitrogens with zero attached hydrogens (tertiary/aromatic N) is 1. The zero-order chi connectivity index (χ0) is 16.9. The first-order valence-electron chi connectivity index (χ1n) is 7.97. The Morgan fingerprint density at radius 3 is 2.13 bits per heavy atom. The van der Waals surface area contributed by atoms with Crippen LogP contribution >= 0.6 is 7.14 Å². The van der Waals surface area contributed by atoms with E-state index in [0.29, 0.717) is 12.7 Å². The fourth-order valence-electron chi connectivity index (χ4n) is 2.59. The average Bonchev–Trinajstić information content (AvgIpc) is 2.60. The van der Waals surface area contributed by atoms with Gasteiger partial charge in [0.25, 0.3) is 0 Å². The lowest BCUT2D eigenvalue weighted by Gasteiger charge is -2.30. The largest absolute Gasteiger partial charge is 0.387 e. The maximum absolute atomic E-state index is 12.9. The number of aliphatic hydroxyl groups is 1. The van der Waals surface area contributed by atoms with Crippen molar-refractivity contribution >= 4 is 12.4 Å². The van der Waals surface area contributed by atoms with E-state index in [-0.39, 0.29) is 6.04 Å².